The van der Waals surface area contributed by atoms with Crippen LogP contribution in [0.25, 0.3) is 5.82 Å². The Hall–Kier alpha value is -2.42. The van der Waals surface area contributed by atoms with Crippen LogP contribution in [0.2, 0.25) is 0 Å². The first-order valence-electron chi connectivity index (χ1n) is 4.75. The number of carboxylic acids is 1. The van der Waals surface area contributed by atoms with Crippen LogP contribution in [0.5, 0.6) is 0 Å². The summed E-state index contributed by atoms with van der Waals surface area (Å²) in [6, 6.07) is -0.973. The third kappa shape index (κ3) is 2.23. The van der Waals surface area contributed by atoms with E-state index in [1.165, 1.54) is 12.5 Å². The summed E-state index contributed by atoms with van der Waals surface area (Å²) in [5.41, 5.74) is 5.96. The van der Waals surface area contributed by atoms with Crippen LogP contribution in [-0.4, -0.2) is 41.8 Å². The summed E-state index contributed by atoms with van der Waals surface area (Å²) in [6.45, 7) is 0. The molecule has 5 N–H and O–H groups in total. The van der Waals surface area contributed by atoms with Gasteiger partial charge in [-0.15, -0.1) is 9.89 Å². The number of nitrogens with two attached hydrogens (primary N) is 2. The van der Waals surface area contributed by atoms with Gasteiger partial charge in [-0.1, -0.05) is 0 Å². The van der Waals surface area contributed by atoms with E-state index in [-0.39, 0.29) is 6.42 Å². The summed E-state index contributed by atoms with van der Waals surface area (Å²) in [7, 11) is 0. The van der Waals surface area contributed by atoms with Gasteiger partial charge in [0.05, 0.1) is 11.9 Å². The van der Waals surface area contributed by atoms with Crippen molar-refractivity contribution in [1.82, 2.24) is 24.7 Å². The van der Waals surface area contributed by atoms with Crippen molar-refractivity contribution in [2.45, 2.75) is 12.5 Å². The lowest BCUT2D eigenvalue weighted by Gasteiger charge is -2.02. The maximum Gasteiger partial charge on any atom is 0.320 e. The molecule has 0 aliphatic rings. The minimum absolute atomic E-state index is 0.147. The number of nitrogen functional groups attached to an aromatic ring is 1. The molecule has 0 amide bonds. The van der Waals surface area contributed by atoms with Gasteiger partial charge in [0.15, 0.2) is 5.82 Å². The molecule has 1 atom stereocenters. The monoisotopic (exact) mass is 237 g/mol. The summed E-state index contributed by atoms with van der Waals surface area (Å²) < 4.78 is 1.59. The molecule has 9 nitrogen and oxygen atoms in total. The second kappa shape index (κ2) is 4.22. The maximum atomic E-state index is 10.6. The number of carboxylic acid groups (broad SMARTS) is 1. The number of carbonyl (C=O) groups is 1. The summed E-state index contributed by atoms with van der Waals surface area (Å²) in [6.07, 6.45) is 4.73. The van der Waals surface area contributed by atoms with Crippen molar-refractivity contribution in [2.24, 2.45) is 5.73 Å². The molecule has 2 aromatic rings. The highest BCUT2D eigenvalue weighted by Gasteiger charge is 2.14. The fraction of sp³-hybridized carbons (Fsp3) is 0.250. The van der Waals surface area contributed by atoms with Gasteiger partial charge in [0.2, 0.25) is 0 Å². The quantitative estimate of drug-likeness (QED) is 0.529. The molecule has 90 valence electrons. The highest BCUT2D eigenvalue weighted by molar-refractivity contribution is 5.73. The number of aromatic nitrogens is 5. The van der Waals surface area contributed by atoms with Gasteiger partial charge in [0, 0.05) is 12.6 Å². The number of imidazole rings is 1. The fourth-order valence-electron chi connectivity index (χ4n) is 1.33. The SMILES string of the molecule is N[C@@H](Cc1cn(-c2cnnn2N)cn1)C(=O)O. The Bertz CT molecular complexity index is 531. The molecular formula is C8H11N7O2. The average molecular weight is 237 g/mol. The summed E-state index contributed by atoms with van der Waals surface area (Å²) in [5.74, 6) is 4.96. The Morgan fingerprint density at radius 2 is 2.35 bits per heavy atom. The van der Waals surface area contributed by atoms with E-state index in [2.05, 4.69) is 15.3 Å². The second-order valence-electron chi connectivity index (χ2n) is 3.46. The topological polar surface area (TPSA) is 138 Å². The van der Waals surface area contributed by atoms with Crippen molar-refractivity contribution in [2.75, 3.05) is 5.84 Å². The first kappa shape index (κ1) is 11.1. The van der Waals surface area contributed by atoms with Crippen LogP contribution in [0.1, 0.15) is 5.69 Å². The minimum Gasteiger partial charge on any atom is -0.480 e. The minimum atomic E-state index is -1.06. The van der Waals surface area contributed by atoms with E-state index < -0.39 is 12.0 Å². The average Bonchev–Trinajstić information content (AvgIpc) is 2.86. The smallest absolute Gasteiger partial charge is 0.320 e. The third-order valence-electron chi connectivity index (χ3n) is 2.20. The van der Waals surface area contributed by atoms with Gasteiger partial charge < -0.3 is 16.7 Å². The van der Waals surface area contributed by atoms with Crippen molar-refractivity contribution >= 4 is 5.97 Å². The van der Waals surface area contributed by atoms with Crippen molar-refractivity contribution in [3.63, 3.8) is 0 Å². The lowest BCUT2D eigenvalue weighted by atomic mass is 10.2. The summed E-state index contributed by atoms with van der Waals surface area (Å²) in [5, 5.41) is 15.9. The van der Waals surface area contributed by atoms with Gasteiger partial charge in [-0.25, -0.2) is 4.98 Å². The molecule has 0 saturated heterocycles. The molecule has 17 heavy (non-hydrogen) atoms. The molecular weight excluding hydrogens is 226 g/mol. The van der Waals surface area contributed by atoms with E-state index in [1.54, 1.807) is 10.8 Å². The van der Waals surface area contributed by atoms with E-state index >= 15 is 0 Å². The van der Waals surface area contributed by atoms with Gasteiger partial charge >= 0.3 is 5.97 Å². The molecule has 2 heterocycles. The van der Waals surface area contributed by atoms with E-state index in [0.29, 0.717) is 11.5 Å². The third-order valence-corrected chi connectivity index (χ3v) is 2.20. The molecule has 0 fully saturated rings. The van der Waals surface area contributed by atoms with Crippen molar-refractivity contribution in [3.8, 4) is 5.82 Å². The predicted octanol–water partition coefficient (Wildman–Crippen LogP) is -1.87. The van der Waals surface area contributed by atoms with E-state index in [9.17, 15) is 4.79 Å². The lowest BCUT2D eigenvalue weighted by molar-refractivity contribution is -0.138. The van der Waals surface area contributed by atoms with E-state index in [4.69, 9.17) is 16.7 Å². The first-order valence-corrected chi connectivity index (χ1v) is 4.75. The van der Waals surface area contributed by atoms with Crippen LogP contribution in [0, 0.1) is 0 Å². The number of nitrogens with zero attached hydrogens (tertiary/aromatic N) is 5. The van der Waals surface area contributed by atoms with Gasteiger partial charge in [-0.3, -0.25) is 9.36 Å². The van der Waals surface area contributed by atoms with Crippen LogP contribution in [0.4, 0.5) is 0 Å². The molecule has 0 spiro atoms. The first-order chi connectivity index (χ1) is 8.08. The molecule has 0 aromatic carbocycles. The molecule has 0 unspecified atom stereocenters. The highest BCUT2D eigenvalue weighted by Crippen LogP contribution is 2.06. The van der Waals surface area contributed by atoms with Gasteiger partial charge in [-0.05, 0) is 5.21 Å². The molecule has 0 aliphatic carbocycles. The predicted molar refractivity (Wildman–Crippen MR) is 56.6 cm³/mol. The molecule has 0 radical (unpaired) electrons. The van der Waals surface area contributed by atoms with Gasteiger partial charge in [0.1, 0.15) is 12.4 Å². The maximum absolute atomic E-state index is 10.6. The zero-order valence-corrected chi connectivity index (χ0v) is 8.76. The Kier molecular flexibility index (Phi) is 2.75. The van der Waals surface area contributed by atoms with Gasteiger partial charge in [-0.2, -0.15) is 0 Å². The zero-order chi connectivity index (χ0) is 12.4. The Morgan fingerprint density at radius 1 is 1.59 bits per heavy atom. The standard InChI is InChI=1S/C8H11N7O2/c9-6(8(16)17)1-5-3-14(4-11-5)7-2-12-13-15(7)10/h2-4,6H,1,9-10H2,(H,16,17)/t6-/m0/s1. The van der Waals surface area contributed by atoms with Crippen molar-refractivity contribution in [3.05, 3.63) is 24.4 Å². The number of hydrogen-bond acceptors (Lipinski definition) is 6. The fourth-order valence-corrected chi connectivity index (χ4v) is 1.33. The van der Waals surface area contributed by atoms with Crippen LogP contribution in [0.15, 0.2) is 18.7 Å². The molecule has 2 aromatic heterocycles. The lowest BCUT2D eigenvalue weighted by Crippen LogP contribution is -2.32. The van der Waals surface area contributed by atoms with Crippen LogP contribution in [-0.2, 0) is 11.2 Å². The van der Waals surface area contributed by atoms with Crippen LogP contribution >= 0.6 is 0 Å². The van der Waals surface area contributed by atoms with Crippen molar-refractivity contribution in [1.29, 1.82) is 0 Å². The molecule has 9 heteroatoms. The second-order valence-corrected chi connectivity index (χ2v) is 3.46. The van der Waals surface area contributed by atoms with Gasteiger partial charge in [0.25, 0.3) is 0 Å². The Labute approximate surface area is 95.6 Å². The molecule has 0 aliphatic heterocycles. The Balaban J connectivity index is 2.17. The molecule has 0 bridgehead atoms. The number of rotatable bonds is 4. The van der Waals surface area contributed by atoms with Crippen LogP contribution in [0.3, 0.4) is 0 Å². The van der Waals surface area contributed by atoms with Crippen molar-refractivity contribution < 1.29 is 9.90 Å². The summed E-state index contributed by atoms with van der Waals surface area (Å²) in [4.78, 5) is 15.7. The number of hydrogen-bond donors (Lipinski definition) is 3. The van der Waals surface area contributed by atoms with E-state index in [1.807, 2.05) is 0 Å². The van der Waals surface area contributed by atoms with E-state index in [0.717, 1.165) is 4.79 Å². The summed E-state index contributed by atoms with van der Waals surface area (Å²) >= 11 is 0. The van der Waals surface area contributed by atoms with Crippen LogP contribution < -0.4 is 11.6 Å². The Morgan fingerprint density at radius 3 is 2.94 bits per heavy atom. The largest absolute Gasteiger partial charge is 0.480 e. The normalized spacial score (nSPS) is 12.5. The molecule has 0 saturated carbocycles. The molecule has 2 rings (SSSR count). The zero-order valence-electron chi connectivity index (χ0n) is 8.76. The number of aliphatic carboxylic acids is 1. The highest BCUT2D eigenvalue weighted by atomic mass is 16.4.